The van der Waals surface area contributed by atoms with E-state index in [1.54, 1.807) is 12.1 Å². The fraction of sp³-hybridized carbons (Fsp3) is 0.182. The molecule has 0 saturated heterocycles. The van der Waals surface area contributed by atoms with E-state index in [-0.39, 0.29) is 82.7 Å². The van der Waals surface area contributed by atoms with Crippen LogP contribution in [0.1, 0.15) is 5.56 Å². The van der Waals surface area contributed by atoms with Crippen molar-refractivity contribution in [3.63, 3.8) is 0 Å². The number of carbonyl (C=O) groups is 1. The zero-order valence-corrected chi connectivity index (χ0v) is 20.3. The zero-order chi connectivity index (χ0) is 11.3. The Hall–Kier alpha value is -0.308. The molecule has 0 aliphatic heterocycles. The second kappa shape index (κ2) is 11.8. The van der Waals surface area contributed by atoms with E-state index in [0.29, 0.717) is 0 Å². The minimum atomic E-state index is -1.07. The molecule has 0 bridgehead atoms. The number of nitrogens with one attached hydrogen (secondary N) is 1. The summed E-state index contributed by atoms with van der Waals surface area (Å²) in [6, 6.07) is 6.31. The van der Waals surface area contributed by atoms with Crippen molar-refractivity contribution in [2.24, 2.45) is 0 Å². The van der Waals surface area contributed by atoms with Crippen LogP contribution in [0.5, 0.6) is 0 Å². The van der Waals surface area contributed by atoms with Crippen LogP contribution in [0.15, 0.2) is 28.7 Å². The van der Waals surface area contributed by atoms with Gasteiger partial charge >= 0.3 is 74.9 Å². The number of hydrogen-bond acceptors (Lipinski definition) is 2. The maximum absolute atomic E-state index is 10.7. The molecule has 0 aliphatic rings. The van der Waals surface area contributed by atoms with Crippen molar-refractivity contribution in [2.75, 3.05) is 0 Å². The molecule has 1 aromatic rings. The maximum atomic E-state index is 10.7. The third-order valence-corrected chi connectivity index (χ3v) is 2.41. The molecule has 0 aliphatic carbocycles. The number of benzene rings is 1. The van der Waals surface area contributed by atoms with E-state index in [4.69, 9.17) is 5.11 Å². The van der Waals surface area contributed by atoms with Crippen LogP contribution in [0.25, 0.3) is 0 Å². The molecule has 0 spiro atoms. The van der Waals surface area contributed by atoms with E-state index < -0.39 is 12.0 Å². The fourth-order valence-electron chi connectivity index (χ4n) is 1.13. The summed E-state index contributed by atoms with van der Waals surface area (Å²) in [4.78, 5) is 20.8. The van der Waals surface area contributed by atoms with Crippen molar-refractivity contribution in [1.82, 2.24) is 5.32 Å². The molecule has 1 unspecified atom stereocenters. The van der Waals surface area contributed by atoms with Gasteiger partial charge in [-0.25, -0.2) is 0 Å². The van der Waals surface area contributed by atoms with Gasteiger partial charge in [0.05, 0.1) is 0 Å². The quantitative estimate of drug-likeness (QED) is 0.297. The Bertz CT molecular complexity index is 362. The predicted octanol–water partition coefficient (Wildman–Crippen LogP) is -1.44. The molecule has 0 aromatic heterocycles. The summed E-state index contributed by atoms with van der Waals surface area (Å²) in [6.45, 7) is 0. The third-order valence-electron chi connectivity index (χ3n) is 1.88. The smallest absolute Gasteiger partial charge is 0.520 e. The summed E-state index contributed by atoms with van der Waals surface area (Å²) >= 11 is 3.28. The summed E-state index contributed by atoms with van der Waals surface area (Å²) in [6.07, 6.45) is 1.64. The Morgan fingerprint density at radius 1 is 1.39 bits per heavy atom. The van der Waals surface area contributed by atoms with Crippen molar-refractivity contribution in [3.05, 3.63) is 41.7 Å². The summed E-state index contributed by atoms with van der Waals surface area (Å²) in [5, 5.41) is 10.9. The number of amides is 1. The van der Waals surface area contributed by atoms with E-state index in [1.807, 2.05) is 12.1 Å². The van der Waals surface area contributed by atoms with Crippen molar-refractivity contribution in [2.45, 2.75) is 12.5 Å². The van der Waals surface area contributed by atoms with Crippen LogP contribution in [0.2, 0.25) is 0 Å². The maximum Gasteiger partial charge on any atom is 1.00 e. The molecule has 18 heavy (non-hydrogen) atoms. The van der Waals surface area contributed by atoms with Gasteiger partial charge in [0.25, 0.3) is 0 Å². The average molecular weight is 676 g/mol. The van der Waals surface area contributed by atoms with Gasteiger partial charge in [0, 0.05) is 10.9 Å². The first kappa shape index (κ1) is 22.8. The molecule has 0 heterocycles. The van der Waals surface area contributed by atoms with Gasteiger partial charge in [-0.15, -0.1) is 0 Å². The van der Waals surface area contributed by atoms with E-state index in [1.165, 1.54) is 6.41 Å². The van der Waals surface area contributed by atoms with Crippen molar-refractivity contribution < 1.29 is 83.6 Å². The molecule has 2 N–H and O–H groups in total. The molecule has 7 heteroatoms. The summed E-state index contributed by atoms with van der Waals surface area (Å²) in [5.74, 6) is -1.07. The number of halogens is 1. The molecule has 1 rings (SSSR count). The van der Waals surface area contributed by atoms with Gasteiger partial charge < -0.3 is 22.6 Å². The average Bonchev–Trinajstić information content (AvgIpc) is 2.20. The number of carboxylic acids is 1. The Balaban J connectivity index is -0.000000750. The first-order valence-electron chi connectivity index (χ1n) is 4.23. The molecule has 0 fully saturated rings. The largest absolute Gasteiger partial charge is 1.00 e. The molecular weight excluding hydrogens is 664 g/mol. The van der Waals surface area contributed by atoms with E-state index in [0.717, 1.165) is 10.0 Å². The van der Waals surface area contributed by atoms with Gasteiger partial charge in [0.1, 0.15) is 6.04 Å². The molecule has 100 valence electrons. The monoisotopic (exact) mass is 675 g/mol. The molecule has 1 amide bonds. The SMILES string of the molecule is O=[C-]NC(Cc1ccc(Br)cc1)C(=O)O.[CH3-].[Cs+].[Fm]. The number of carboxylic acid groups (broad SMARTS) is 1. The Labute approximate surface area is 168 Å². The standard InChI is InChI=1S/C10H9BrNO3.CH3.Cs.Fm/c11-8-3-1-7(2-4-8)5-9(10(14)15)12-6-13;;;/h1-4,9H,5H2,(H,12,13)(H,14,15);1H3;;/q2*-1;+1;. The first-order valence-corrected chi connectivity index (χ1v) is 5.02. The van der Waals surface area contributed by atoms with Crippen LogP contribution in [-0.4, -0.2) is 23.5 Å². The summed E-state index contributed by atoms with van der Waals surface area (Å²) < 4.78 is 0.924. The van der Waals surface area contributed by atoms with Crippen LogP contribution in [0, 0.1) is 7.43 Å². The van der Waals surface area contributed by atoms with Gasteiger partial charge in [-0.3, -0.25) is 4.79 Å². The van der Waals surface area contributed by atoms with Crippen LogP contribution in [0.4, 0.5) is 0 Å². The summed E-state index contributed by atoms with van der Waals surface area (Å²) in [7, 11) is 0. The Morgan fingerprint density at radius 3 is 2.28 bits per heavy atom. The van der Waals surface area contributed by atoms with E-state index >= 15 is 0 Å². The normalized spacial score (nSPS) is 9.83. The Kier molecular flexibility index (Phi) is 14.9. The van der Waals surface area contributed by atoms with Gasteiger partial charge in [-0.1, -0.05) is 28.1 Å². The van der Waals surface area contributed by atoms with E-state index in [2.05, 4.69) is 21.2 Å². The minimum absolute atomic E-state index is 0. The minimum Gasteiger partial charge on any atom is -0.520 e. The van der Waals surface area contributed by atoms with Gasteiger partial charge in [-0.2, -0.15) is 6.41 Å². The fourth-order valence-corrected chi connectivity index (χ4v) is 1.39. The van der Waals surface area contributed by atoms with E-state index in [9.17, 15) is 9.59 Å². The molecule has 4 nitrogen and oxygen atoms in total. The molecular formula is C11H12BrCsFmNO3-. The first-order chi connectivity index (χ1) is 7.13. The number of hydrogen-bond donors (Lipinski definition) is 2. The topological polar surface area (TPSA) is 66.4 Å². The molecule has 0 radical (unpaired) electrons. The molecule has 1 aromatic carbocycles. The second-order valence-electron chi connectivity index (χ2n) is 2.97. The predicted molar refractivity (Wildman–Crippen MR) is 64.5 cm³/mol. The third kappa shape index (κ3) is 7.91. The van der Waals surface area contributed by atoms with Crippen LogP contribution in [0.3, 0.4) is 0 Å². The molecule has 1 atom stereocenters. The van der Waals surface area contributed by atoms with Crippen molar-refractivity contribution in [1.29, 1.82) is 0 Å². The summed E-state index contributed by atoms with van der Waals surface area (Å²) in [5.41, 5.74) is 0.841. The number of rotatable bonds is 5. The van der Waals surface area contributed by atoms with Crippen LogP contribution in [-0.2, 0) is 16.0 Å². The second-order valence-corrected chi connectivity index (χ2v) is 3.88. The van der Waals surface area contributed by atoms with Crippen molar-refractivity contribution in [3.8, 4) is 0 Å². The number of aliphatic carboxylic acids is 1. The van der Waals surface area contributed by atoms with Gasteiger partial charge in [0.15, 0.2) is 0 Å². The van der Waals surface area contributed by atoms with Gasteiger partial charge in [-0.05, 0) is 17.7 Å². The Morgan fingerprint density at radius 2 is 1.89 bits per heavy atom. The molecule has 0 saturated carbocycles. The van der Waals surface area contributed by atoms with Crippen molar-refractivity contribution >= 4 is 28.3 Å². The van der Waals surface area contributed by atoms with Crippen LogP contribution >= 0.6 is 15.9 Å². The van der Waals surface area contributed by atoms with Crippen LogP contribution < -0.4 is 74.2 Å². The number of carbonyl (C=O) groups excluding carboxylic acids is 1. The van der Waals surface area contributed by atoms with Gasteiger partial charge in [0.2, 0.25) is 0 Å². The zero-order valence-electron chi connectivity index (χ0n) is 10.0.